The van der Waals surface area contributed by atoms with Crippen molar-refractivity contribution in [1.29, 1.82) is 0 Å². The summed E-state index contributed by atoms with van der Waals surface area (Å²) in [7, 11) is 0. The van der Waals surface area contributed by atoms with E-state index in [1.54, 1.807) is 6.07 Å². The lowest BCUT2D eigenvalue weighted by atomic mass is 10.2. The smallest absolute Gasteiger partial charge is 0.406 e. The largest absolute Gasteiger partial charge is 0.573 e. The van der Waals surface area contributed by atoms with Gasteiger partial charge in [-0.25, -0.2) is 14.2 Å². The Kier molecular flexibility index (Phi) is 8.02. The Morgan fingerprint density at radius 2 is 1.65 bits per heavy atom. The van der Waals surface area contributed by atoms with Crippen LogP contribution in [0, 0.1) is 15.2 Å². The van der Waals surface area contributed by atoms with E-state index >= 15 is 0 Å². The van der Waals surface area contributed by atoms with E-state index in [9.17, 15) is 22.0 Å². The first-order chi connectivity index (χ1) is 17.6. The average molecular weight is 647 g/mol. The minimum absolute atomic E-state index is 0.0143. The predicted molar refractivity (Wildman–Crippen MR) is 137 cm³/mol. The minimum atomic E-state index is -4.80. The molecule has 190 valence electrons. The van der Waals surface area contributed by atoms with Gasteiger partial charge in [-0.2, -0.15) is 20.1 Å². The van der Waals surface area contributed by atoms with Gasteiger partial charge >= 0.3 is 6.36 Å². The number of rotatable bonds is 7. The van der Waals surface area contributed by atoms with E-state index in [0.717, 1.165) is 18.2 Å². The number of hydrogen-bond donors (Lipinski definition) is 2. The highest BCUT2D eigenvalue weighted by Gasteiger charge is 2.30. The Bertz CT molecular complexity index is 1430. The van der Waals surface area contributed by atoms with E-state index in [1.165, 1.54) is 42.6 Å². The molecule has 0 saturated carbocycles. The first-order valence-electron chi connectivity index (χ1n) is 10.1. The van der Waals surface area contributed by atoms with Crippen LogP contribution in [-0.4, -0.2) is 27.5 Å². The maximum Gasteiger partial charge on any atom is 0.573 e. The fraction of sp³-hybridized carbons (Fsp3) is 0.0435. The van der Waals surface area contributed by atoms with Crippen LogP contribution in [0.5, 0.6) is 5.75 Å². The third-order valence-corrected chi connectivity index (χ3v) is 5.68. The van der Waals surface area contributed by atoms with Gasteiger partial charge in [0.25, 0.3) is 0 Å². The van der Waals surface area contributed by atoms with Crippen LogP contribution in [-0.2, 0) is 0 Å². The van der Waals surface area contributed by atoms with Gasteiger partial charge in [0, 0.05) is 9.26 Å². The summed E-state index contributed by atoms with van der Waals surface area (Å²) >= 11 is 7.78. The lowest BCUT2D eigenvalue weighted by Gasteiger charge is -2.11. The van der Waals surface area contributed by atoms with Gasteiger partial charge in [0.2, 0.25) is 11.9 Å². The van der Waals surface area contributed by atoms with Gasteiger partial charge in [0.15, 0.2) is 5.82 Å². The van der Waals surface area contributed by atoms with Gasteiger partial charge in [-0.1, -0.05) is 17.7 Å². The fourth-order valence-electron chi connectivity index (χ4n) is 2.93. The summed E-state index contributed by atoms with van der Waals surface area (Å²) in [6.45, 7) is 0. The van der Waals surface area contributed by atoms with Crippen molar-refractivity contribution in [2.45, 2.75) is 6.36 Å². The van der Waals surface area contributed by atoms with Crippen LogP contribution >= 0.6 is 34.2 Å². The van der Waals surface area contributed by atoms with E-state index in [4.69, 9.17) is 11.6 Å². The zero-order valence-corrected chi connectivity index (χ0v) is 21.1. The van der Waals surface area contributed by atoms with Crippen molar-refractivity contribution in [3.05, 3.63) is 86.5 Å². The molecule has 4 rings (SSSR count). The Morgan fingerprint density at radius 1 is 0.919 bits per heavy atom. The number of ether oxygens (including phenoxy) is 1. The summed E-state index contributed by atoms with van der Waals surface area (Å²) in [6, 6.07) is 13.3. The number of aromatic nitrogens is 3. The number of alkyl halides is 3. The Balaban J connectivity index is 1.61. The number of nitrogens with zero attached hydrogens (tertiary/aromatic N) is 4. The minimum Gasteiger partial charge on any atom is -0.406 e. The second-order valence-electron chi connectivity index (χ2n) is 7.14. The van der Waals surface area contributed by atoms with Crippen molar-refractivity contribution in [1.82, 2.24) is 15.0 Å². The molecule has 0 bridgehead atoms. The molecule has 37 heavy (non-hydrogen) atoms. The molecule has 0 aliphatic heterocycles. The van der Waals surface area contributed by atoms with E-state index in [2.05, 4.69) is 35.5 Å². The van der Waals surface area contributed by atoms with Gasteiger partial charge in [-0.15, -0.1) is 13.2 Å². The van der Waals surface area contributed by atoms with Crippen molar-refractivity contribution < 1.29 is 26.7 Å². The number of anilines is 3. The van der Waals surface area contributed by atoms with Crippen LogP contribution in [0.25, 0.3) is 11.4 Å². The van der Waals surface area contributed by atoms with Gasteiger partial charge in [0.1, 0.15) is 17.4 Å². The Morgan fingerprint density at radius 3 is 2.32 bits per heavy atom. The van der Waals surface area contributed by atoms with Crippen molar-refractivity contribution in [3.8, 4) is 17.1 Å². The summed E-state index contributed by atoms with van der Waals surface area (Å²) in [5.74, 6) is -1.66. The molecule has 3 aromatic carbocycles. The van der Waals surface area contributed by atoms with Crippen LogP contribution in [0.4, 0.5) is 39.5 Å². The molecule has 0 amide bonds. The predicted octanol–water partition coefficient (Wildman–Crippen LogP) is 7.16. The molecular weight excluding hydrogens is 634 g/mol. The summed E-state index contributed by atoms with van der Waals surface area (Å²) < 4.78 is 69.5. The number of nitrogens with one attached hydrogen (secondary N) is 2. The standard InChI is InChI=1S/C23H13ClF5IN6O/c24-15-10-13(6-9-16(15)25)32-21-33-20(19-17(26)2-1-3-18(19)30)34-22(35-21)36-31-11-12-4-7-14(8-5-12)37-23(27,28)29/h1-11H,(H2,32,33,34,35,36)/b31-11+. The zero-order chi connectivity index (χ0) is 26.6. The summed E-state index contributed by atoms with van der Waals surface area (Å²) in [5.41, 5.74) is 3.52. The lowest BCUT2D eigenvalue weighted by molar-refractivity contribution is -0.274. The molecule has 0 aliphatic carbocycles. The van der Waals surface area contributed by atoms with Crippen LogP contribution in [0.3, 0.4) is 0 Å². The molecule has 0 saturated heterocycles. The van der Waals surface area contributed by atoms with Crippen molar-refractivity contribution >= 4 is 58.0 Å². The maximum atomic E-state index is 14.6. The summed E-state index contributed by atoms with van der Waals surface area (Å²) in [6.07, 6.45) is -3.49. The number of halogens is 7. The molecule has 7 nitrogen and oxygen atoms in total. The molecule has 0 spiro atoms. The molecule has 0 fully saturated rings. The number of hydrogen-bond acceptors (Lipinski definition) is 7. The summed E-state index contributed by atoms with van der Waals surface area (Å²) in [4.78, 5) is 12.7. The molecule has 1 aromatic heterocycles. The highest BCUT2D eigenvalue weighted by molar-refractivity contribution is 14.1. The van der Waals surface area contributed by atoms with Gasteiger partial charge < -0.3 is 10.1 Å². The van der Waals surface area contributed by atoms with Crippen LogP contribution < -0.4 is 15.5 Å². The SMILES string of the molecule is Fc1ccc(Nc2nc(N/N=C/c3ccc(OC(F)(F)F)cc3)nc(-c3c(F)cccc3I)n2)cc1Cl. The molecule has 1 heterocycles. The Labute approximate surface area is 224 Å². The van der Waals surface area contributed by atoms with E-state index in [1.807, 2.05) is 22.6 Å². The van der Waals surface area contributed by atoms with E-state index in [0.29, 0.717) is 14.8 Å². The zero-order valence-electron chi connectivity index (χ0n) is 18.2. The molecule has 0 aliphatic rings. The molecule has 4 aromatic rings. The third kappa shape index (κ3) is 7.22. The Hall–Kier alpha value is -3.59. The lowest BCUT2D eigenvalue weighted by Crippen LogP contribution is -2.17. The first kappa shape index (κ1) is 26.5. The van der Waals surface area contributed by atoms with Gasteiger partial charge in [0.05, 0.1) is 16.8 Å². The quantitative estimate of drug-likeness (QED) is 0.0960. The van der Waals surface area contributed by atoms with Gasteiger partial charge in [-0.05, 0) is 82.8 Å². The first-order valence-corrected chi connectivity index (χ1v) is 11.6. The van der Waals surface area contributed by atoms with Gasteiger partial charge in [-0.3, -0.25) is 0 Å². The normalized spacial score (nSPS) is 11.5. The molecule has 14 heteroatoms. The topological polar surface area (TPSA) is 84.3 Å². The average Bonchev–Trinajstić information content (AvgIpc) is 2.81. The second-order valence-corrected chi connectivity index (χ2v) is 8.71. The van der Waals surface area contributed by atoms with E-state index in [-0.39, 0.29) is 34.1 Å². The number of benzene rings is 3. The highest BCUT2D eigenvalue weighted by atomic mass is 127. The van der Waals surface area contributed by atoms with Crippen LogP contribution in [0.1, 0.15) is 5.56 Å². The monoisotopic (exact) mass is 646 g/mol. The van der Waals surface area contributed by atoms with E-state index < -0.39 is 18.0 Å². The number of hydrazone groups is 1. The molecular formula is C23H13ClF5IN6O. The maximum absolute atomic E-state index is 14.6. The molecule has 2 N–H and O–H groups in total. The fourth-order valence-corrected chi connectivity index (χ4v) is 3.82. The third-order valence-electron chi connectivity index (χ3n) is 4.49. The van der Waals surface area contributed by atoms with Crippen molar-refractivity contribution in [3.63, 3.8) is 0 Å². The van der Waals surface area contributed by atoms with Crippen LogP contribution in [0.15, 0.2) is 65.8 Å². The van der Waals surface area contributed by atoms with Crippen molar-refractivity contribution in [2.75, 3.05) is 10.7 Å². The van der Waals surface area contributed by atoms with Crippen molar-refractivity contribution in [2.24, 2.45) is 5.10 Å². The van der Waals surface area contributed by atoms with Crippen LogP contribution in [0.2, 0.25) is 5.02 Å². The summed E-state index contributed by atoms with van der Waals surface area (Å²) in [5, 5.41) is 6.72. The highest BCUT2D eigenvalue weighted by Crippen LogP contribution is 2.28. The molecule has 0 unspecified atom stereocenters. The molecule has 0 radical (unpaired) electrons. The molecule has 0 atom stereocenters. The second kappa shape index (κ2) is 11.2.